The van der Waals surface area contributed by atoms with Crippen LogP contribution in [0.15, 0.2) is 30.3 Å². The van der Waals surface area contributed by atoms with E-state index in [1.807, 2.05) is 0 Å². The third-order valence-corrected chi connectivity index (χ3v) is 2.60. The van der Waals surface area contributed by atoms with Crippen LogP contribution < -0.4 is 5.73 Å². The van der Waals surface area contributed by atoms with Gasteiger partial charge in [-0.05, 0) is 30.3 Å². The first-order valence-electron chi connectivity index (χ1n) is 5.28. The molecular formula is C12H10N4O2. The Hall–Kier alpha value is -2.76. The minimum atomic E-state index is 0.0276. The van der Waals surface area contributed by atoms with Crippen molar-refractivity contribution >= 4 is 17.0 Å². The maximum Gasteiger partial charge on any atom is 0.180 e. The number of nitrogens with zero attached hydrogens (tertiary/aromatic N) is 2. The number of hydrogen-bond donors (Lipinski definition) is 4. The molecule has 0 radical (unpaired) electrons. The number of aromatic nitrogens is 3. The Morgan fingerprint density at radius 2 is 1.89 bits per heavy atom. The van der Waals surface area contributed by atoms with Gasteiger partial charge in [-0.2, -0.15) is 0 Å². The van der Waals surface area contributed by atoms with Gasteiger partial charge >= 0.3 is 0 Å². The normalized spacial score (nSPS) is 10.9. The van der Waals surface area contributed by atoms with Crippen molar-refractivity contribution in [1.82, 2.24) is 15.0 Å². The molecule has 0 unspecified atom stereocenters. The third kappa shape index (κ3) is 1.60. The average Bonchev–Trinajstić information content (AvgIpc) is 2.74. The fourth-order valence-corrected chi connectivity index (χ4v) is 1.75. The molecular weight excluding hydrogens is 232 g/mol. The highest BCUT2D eigenvalue weighted by molar-refractivity contribution is 5.79. The molecule has 0 atom stereocenters. The van der Waals surface area contributed by atoms with E-state index in [4.69, 9.17) is 5.73 Å². The highest BCUT2D eigenvalue weighted by Crippen LogP contribution is 2.31. The molecule has 0 bridgehead atoms. The molecule has 3 rings (SSSR count). The summed E-state index contributed by atoms with van der Waals surface area (Å²) < 4.78 is 0. The van der Waals surface area contributed by atoms with E-state index in [0.29, 0.717) is 28.4 Å². The summed E-state index contributed by atoms with van der Waals surface area (Å²) in [5, 5.41) is 19.2. The highest BCUT2D eigenvalue weighted by Gasteiger charge is 2.11. The number of rotatable bonds is 1. The molecule has 0 saturated carbocycles. The molecule has 2 heterocycles. The molecule has 0 saturated heterocycles. The van der Waals surface area contributed by atoms with Gasteiger partial charge in [0.15, 0.2) is 5.65 Å². The van der Waals surface area contributed by atoms with Gasteiger partial charge in [0.05, 0.1) is 11.1 Å². The van der Waals surface area contributed by atoms with Crippen molar-refractivity contribution in [2.24, 2.45) is 0 Å². The molecule has 0 aliphatic heterocycles. The fourth-order valence-electron chi connectivity index (χ4n) is 1.75. The zero-order valence-electron chi connectivity index (χ0n) is 9.25. The van der Waals surface area contributed by atoms with E-state index in [9.17, 15) is 10.2 Å². The first-order valence-corrected chi connectivity index (χ1v) is 5.28. The molecule has 0 spiro atoms. The van der Waals surface area contributed by atoms with Crippen LogP contribution in [0.3, 0.4) is 0 Å². The molecule has 0 fully saturated rings. The SMILES string of the molecule is Nc1ccc2[nH]c(-c3cc(O)ccc3O)nc2n1. The van der Waals surface area contributed by atoms with Gasteiger partial charge in [-0.15, -0.1) is 0 Å². The van der Waals surface area contributed by atoms with E-state index >= 15 is 0 Å². The maximum absolute atomic E-state index is 9.75. The van der Waals surface area contributed by atoms with Crippen LogP contribution >= 0.6 is 0 Å². The van der Waals surface area contributed by atoms with Gasteiger partial charge in [0, 0.05) is 0 Å². The van der Waals surface area contributed by atoms with Crippen molar-refractivity contribution in [2.45, 2.75) is 0 Å². The first kappa shape index (κ1) is 10.4. The van der Waals surface area contributed by atoms with Crippen LogP contribution in [0.2, 0.25) is 0 Å². The van der Waals surface area contributed by atoms with Crippen molar-refractivity contribution in [3.63, 3.8) is 0 Å². The summed E-state index contributed by atoms with van der Waals surface area (Å²) >= 11 is 0. The van der Waals surface area contributed by atoms with Crippen LogP contribution in [-0.2, 0) is 0 Å². The van der Waals surface area contributed by atoms with Gasteiger partial charge in [-0.3, -0.25) is 0 Å². The number of phenols is 2. The number of nitrogen functional groups attached to an aromatic ring is 1. The second kappa shape index (κ2) is 3.63. The van der Waals surface area contributed by atoms with Crippen molar-refractivity contribution in [3.05, 3.63) is 30.3 Å². The van der Waals surface area contributed by atoms with Crippen molar-refractivity contribution < 1.29 is 10.2 Å². The number of phenolic OH excluding ortho intramolecular Hbond substituents is 2. The summed E-state index contributed by atoms with van der Waals surface area (Å²) in [7, 11) is 0. The largest absolute Gasteiger partial charge is 0.508 e. The Balaban J connectivity index is 2.22. The maximum atomic E-state index is 9.75. The van der Waals surface area contributed by atoms with E-state index in [2.05, 4.69) is 15.0 Å². The number of benzene rings is 1. The number of anilines is 1. The summed E-state index contributed by atoms with van der Waals surface area (Å²) in [6, 6.07) is 7.65. The van der Waals surface area contributed by atoms with Crippen LogP contribution in [0.5, 0.6) is 11.5 Å². The number of imidazole rings is 1. The summed E-state index contributed by atoms with van der Waals surface area (Å²) in [6.07, 6.45) is 0. The lowest BCUT2D eigenvalue weighted by atomic mass is 10.2. The molecule has 5 N–H and O–H groups in total. The third-order valence-electron chi connectivity index (χ3n) is 2.60. The Morgan fingerprint density at radius 3 is 2.72 bits per heavy atom. The molecule has 3 aromatic rings. The average molecular weight is 242 g/mol. The van der Waals surface area contributed by atoms with Gasteiger partial charge in [0.25, 0.3) is 0 Å². The predicted molar refractivity (Wildman–Crippen MR) is 67.1 cm³/mol. The summed E-state index contributed by atoms with van der Waals surface area (Å²) in [6.45, 7) is 0. The molecule has 18 heavy (non-hydrogen) atoms. The fraction of sp³-hybridized carbons (Fsp3) is 0. The van der Waals surface area contributed by atoms with Crippen LogP contribution in [0.1, 0.15) is 0 Å². The van der Waals surface area contributed by atoms with Crippen LogP contribution in [0, 0.1) is 0 Å². The van der Waals surface area contributed by atoms with E-state index in [0.717, 1.165) is 0 Å². The molecule has 90 valence electrons. The Labute approximate surface area is 102 Å². The van der Waals surface area contributed by atoms with E-state index < -0.39 is 0 Å². The van der Waals surface area contributed by atoms with Crippen LogP contribution in [0.25, 0.3) is 22.6 Å². The van der Waals surface area contributed by atoms with Gasteiger partial charge in [-0.25, -0.2) is 9.97 Å². The molecule has 0 amide bonds. The number of hydrogen-bond acceptors (Lipinski definition) is 5. The van der Waals surface area contributed by atoms with Gasteiger partial charge in [-0.1, -0.05) is 0 Å². The highest BCUT2D eigenvalue weighted by atomic mass is 16.3. The van der Waals surface area contributed by atoms with Crippen molar-refractivity contribution in [1.29, 1.82) is 0 Å². The second-order valence-corrected chi connectivity index (χ2v) is 3.89. The number of nitrogens with two attached hydrogens (primary N) is 1. The van der Waals surface area contributed by atoms with Crippen molar-refractivity contribution in [2.75, 3.05) is 5.73 Å². The number of aromatic hydroxyl groups is 2. The summed E-state index contributed by atoms with van der Waals surface area (Å²) in [5.41, 5.74) is 7.16. The minimum Gasteiger partial charge on any atom is -0.508 e. The topological polar surface area (TPSA) is 108 Å². The Kier molecular flexibility index (Phi) is 2.09. The lowest BCUT2D eigenvalue weighted by Crippen LogP contribution is -1.88. The summed E-state index contributed by atoms with van der Waals surface area (Å²) in [4.78, 5) is 11.3. The predicted octanol–water partition coefficient (Wildman–Crippen LogP) is 1.62. The van der Waals surface area contributed by atoms with Crippen LogP contribution in [-0.4, -0.2) is 25.2 Å². The zero-order valence-corrected chi connectivity index (χ0v) is 9.25. The number of H-pyrrole nitrogens is 1. The van der Waals surface area contributed by atoms with Crippen LogP contribution in [0.4, 0.5) is 5.82 Å². The summed E-state index contributed by atoms with van der Waals surface area (Å²) in [5.74, 6) is 0.882. The monoisotopic (exact) mass is 242 g/mol. The lowest BCUT2D eigenvalue weighted by Gasteiger charge is -2.01. The Morgan fingerprint density at radius 1 is 1.06 bits per heavy atom. The molecule has 0 aliphatic rings. The van der Waals surface area contributed by atoms with Crippen molar-refractivity contribution in [3.8, 4) is 22.9 Å². The quantitative estimate of drug-likeness (QED) is 0.485. The number of aromatic amines is 1. The number of pyridine rings is 1. The number of fused-ring (bicyclic) bond motifs is 1. The smallest absolute Gasteiger partial charge is 0.180 e. The lowest BCUT2D eigenvalue weighted by molar-refractivity contribution is 0.461. The molecule has 6 heteroatoms. The molecule has 0 aliphatic carbocycles. The standard InChI is InChI=1S/C12H10N4O2/c13-10-4-2-8-12(15-10)16-11(14-8)7-5-6(17)1-3-9(7)18/h1-5,17-18H,(H3,13,14,15,16). The van der Waals surface area contributed by atoms with Gasteiger partial charge in [0.1, 0.15) is 23.1 Å². The zero-order chi connectivity index (χ0) is 12.7. The Bertz CT molecular complexity index is 736. The van der Waals surface area contributed by atoms with E-state index in [1.54, 1.807) is 12.1 Å². The van der Waals surface area contributed by atoms with Gasteiger partial charge < -0.3 is 20.9 Å². The first-order chi connectivity index (χ1) is 8.63. The molecule has 6 nitrogen and oxygen atoms in total. The minimum absolute atomic E-state index is 0.0276. The second-order valence-electron chi connectivity index (χ2n) is 3.89. The van der Waals surface area contributed by atoms with E-state index in [1.165, 1.54) is 18.2 Å². The molecule has 1 aromatic carbocycles. The van der Waals surface area contributed by atoms with Gasteiger partial charge in [0.2, 0.25) is 0 Å². The molecule has 2 aromatic heterocycles. The van der Waals surface area contributed by atoms with E-state index in [-0.39, 0.29) is 11.5 Å². The number of nitrogens with one attached hydrogen (secondary N) is 1.